The van der Waals surface area contributed by atoms with E-state index in [0.29, 0.717) is 58.8 Å². The van der Waals surface area contributed by atoms with Crippen molar-refractivity contribution >= 4 is 12.6 Å². The zero-order valence-electron chi connectivity index (χ0n) is 13.3. The van der Waals surface area contributed by atoms with Crippen LogP contribution < -0.4 is 34.4 Å². The van der Waals surface area contributed by atoms with Crippen LogP contribution in [0.1, 0.15) is 28.7 Å². The minimum atomic E-state index is 0. The van der Waals surface area contributed by atoms with Crippen molar-refractivity contribution in [2.75, 3.05) is 59.3 Å². The summed E-state index contributed by atoms with van der Waals surface area (Å²) in [5.74, 6) is 0. The maximum atomic E-state index is 9.66. The molecule has 0 unspecified atom stereocenters. The Bertz CT molecular complexity index is 176. The van der Waals surface area contributed by atoms with E-state index in [4.69, 9.17) is 31.5 Å². The van der Waals surface area contributed by atoms with Crippen molar-refractivity contribution in [1.29, 1.82) is 0 Å². The second kappa shape index (κ2) is 65.8. The molecule has 0 saturated heterocycles. The number of carbonyl (C=O) groups excluding carboxylic acids is 2. The number of ether oxygens (including phenoxy) is 2. The first-order valence-electron chi connectivity index (χ1n) is 6.89. The Morgan fingerprint density at radius 3 is 1.08 bits per heavy atom. The molecule has 0 fully saturated rings. The molecule has 0 aromatic carbocycles. The lowest BCUT2D eigenvalue weighted by atomic mass is 10.5. The predicted octanol–water partition coefficient (Wildman–Crippen LogP) is -1.62. The highest BCUT2D eigenvalue weighted by molar-refractivity contribution is 5.51. The number of aldehydes is 2. The van der Waals surface area contributed by atoms with E-state index in [9.17, 15) is 4.79 Å². The monoisotopic (exact) mass is 374 g/mol. The summed E-state index contributed by atoms with van der Waals surface area (Å²) in [6.45, 7) is 4.38. The molecule has 0 aromatic rings. The predicted molar refractivity (Wildman–Crippen MR) is 108 cm³/mol. The van der Waals surface area contributed by atoms with Gasteiger partial charge in [-0.25, -0.2) is 0 Å². The molecule has 12 N–H and O–H groups in total. The van der Waals surface area contributed by atoms with Gasteiger partial charge < -0.3 is 53.5 Å². The van der Waals surface area contributed by atoms with Gasteiger partial charge in [-0.15, -0.1) is 0 Å². The van der Waals surface area contributed by atoms with Gasteiger partial charge in [-0.3, -0.25) is 0 Å². The Morgan fingerprint density at radius 2 is 0.880 bits per heavy atom. The smallest absolute Gasteiger partial charge is 0.133 e. The van der Waals surface area contributed by atoms with Crippen LogP contribution in [0.2, 0.25) is 0 Å². The van der Waals surface area contributed by atoms with E-state index >= 15 is 0 Å². The van der Waals surface area contributed by atoms with Crippen molar-refractivity contribution in [1.82, 2.24) is 0 Å². The lowest BCUT2D eigenvalue weighted by Crippen LogP contribution is -2.13. The summed E-state index contributed by atoms with van der Waals surface area (Å²) in [4.78, 5) is 18.7. The summed E-state index contributed by atoms with van der Waals surface area (Å²) >= 11 is 0. The maximum Gasteiger partial charge on any atom is 0.133 e. The van der Waals surface area contributed by atoms with Gasteiger partial charge in [0.05, 0.1) is 26.4 Å². The first-order valence-corrected chi connectivity index (χ1v) is 6.89. The Hall–Kier alpha value is -0.980. The number of carbonyl (C=O) groups is 2. The van der Waals surface area contributed by atoms with Crippen LogP contribution in [0.25, 0.3) is 0 Å². The highest BCUT2D eigenvalue weighted by atomic mass is 16.5. The fraction of sp³-hybridized carbons (Fsp3) is 0.867. The Morgan fingerprint density at radius 1 is 0.600 bits per heavy atom. The SMILES string of the molecule is C.C.C.NCC=O.NCCOCCC=O.NCCOCCN.NCN. The van der Waals surface area contributed by atoms with Crippen LogP contribution in [0.3, 0.4) is 0 Å². The zero-order chi connectivity index (χ0) is 17.9. The molecule has 0 aromatic heterocycles. The number of nitrogens with two attached hydrogens (primary N) is 6. The lowest BCUT2D eigenvalue weighted by molar-refractivity contribution is -0.109. The summed E-state index contributed by atoms with van der Waals surface area (Å²) < 4.78 is 9.75. The molecule has 0 aliphatic rings. The van der Waals surface area contributed by atoms with Crippen LogP contribution in [0.15, 0.2) is 0 Å². The first kappa shape index (κ1) is 43.9. The van der Waals surface area contributed by atoms with E-state index in [1.54, 1.807) is 0 Å². The van der Waals surface area contributed by atoms with E-state index in [1.165, 1.54) is 0 Å². The van der Waals surface area contributed by atoms with E-state index in [1.807, 2.05) is 0 Å². The quantitative estimate of drug-likeness (QED) is 0.146. The summed E-state index contributed by atoms with van der Waals surface area (Å²) in [7, 11) is 0. The fourth-order valence-electron chi connectivity index (χ4n) is 0.586. The summed E-state index contributed by atoms with van der Waals surface area (Å²) in [5.41, 5.74) is 29.2. The molecule has 0 radical (unpaired) electrons. The van der Waals surface area contributed by atoms with Crippen molar-refractivity contribution in [3.8, 4) is 0 Å². The molecule has 10 heteroatoms. The topological polar surface area (TPSA) is 209 Å². The normalized spacial score (nSPS) is 7.28. The number of hydrogen-bond acceptors (Lipinski definition) is 10. The van der Waals surface area contributed by atoms with E-state index in [2.05, 4.69) is 17.2 Å². The number of rotatable bonds is 10. The minimum absolute atomic E-state index is 0. The van der Waals surface area contributed by atoms with Gasteiger partial charge in [-0.2, -0.15) is 0 Å². The van der Waals surface area contributed by atoms with Crippen LogP contribution in [-0.2, 0) is 19.1 Å². The summed E-state index contributed by atoms with van der Waals surface area (Å²) in [5, 5.41) is 0. The van der Waals surface area contributed by atoms with Crippen molar-refractivity contribution in [2.45, 2.75) is 28.7 Å². The molecule has 0 aliphatic carbocycles. The van der Waals surface area contributed by atoms with Gasteiger partial charge in [0, 0.05) is 39.3 Å². The Labute approximate surface area is 154 Å². The third kappa shape index (κ3) is 125. The van der Waals surface area contributed by atoms with Gasteiger partial charge in [0.1, 0.15) is 12.6 Å². The van der Waals surface area contributed by atoms with Crippen LogP contribution in [0.4, 0.5) is 0 Å². The number of hydrogen-bond donors (Lipinski definition) is 6. The first-order chi connectivity index (χ1) is 10.7. The molecule has 10 nitrogen and oxygen atoms in total. The molecular weight excluding hydrogens is 328 g/mol. The summed E-state index contributed by atoms with van der Waals surface area (Å²) in [6, 6.07) is 0. The Balaban J connectivity index is -0.0000000352. The molecule has 0 rings (SSSR count). The molecule has 0 atom stereocenters. The highest BCUT2D eigenvalue weighted by Crippen LogP contribution is 1.74. The molecule has 0 spiro atoms. The van der Waals surface area contributed by atoms with Crippen molar-refractivity contribution in [2.24, 2.45) is 34.4 Å². The molecule has 0 aliphatic heterocycles. The minimum Gasteiger partial charge on any atom is -0.380 e. The molecule has 160 valence electrons. The zero-order valence-corrected chi connectivity index (χ0v) is 13.3. The molecule has 0 bridgehead atoms. The van der Waals surface area contributed by atoms with Gasteiger partial charge in [0.15, 0.2) is 0 Å². The van der Waals surface area contributed by atoms with E-state index < -0.39 is 0 Å². The van der Waals surface area contributed by atoms with Gasteiger partial charge in [0.25, 0.3) is 0 Å². The van der Waals surface area contributed by atoms with E-state index in [0.717, 1.165) is 6.29 Å². The van der Waals surface area contributed by atoms with Crippen LogP contribution in [0, 0.1) is 0 Å². The van der Waals surface area contributed by atoms with Gasteiger partial charge in [-0.1, -0.05) is 22.3 Å². The second-order valence-corrected chi connectivity index (χ2v) is 3.18. The van der Waals surface area contributed by atoms with Crippen molar-refractivity contribution in [3.63, 3.8) is 0 Å². The van der Waals surface area contributed by atoms with E-state index in [-0.39, 0.29) is 35.5 Å². The second-order valence-electron chi connectivity index (χ2n) is 3.18. The maximum absolute atomic E-state index is 9.66. The van der Waals surface area contributed by atoms with Crippen LogP contribution in [-0.4, -0.2) is 71.8 Å². The average Bonchev–Trinajstić information content (AvgIpc) is 2.54. The molecule has 25 heavy (non-hydrogen) atoms. The largest absolute Gasteiger partial charge is 0.380 e. The van der Waals surface area contributed by atoms with Crippen molar-refractivity contribution in [3.05, 3.63) is 0 Å². The molecular formula is C15H46N6O4. The molecule has 0 heterocycles. The van der Waals surface area contributed by atoms with Crippen LogP contribution >= 0.6 is 0 Å². The van der Waals surface area contributed by atoms with Crippen molar-refractivity contribution < 1.29 is 19.1 Å². The third-order valence-corrected chi connectivity index (χ3v) is 1.26. The fourth-order valence-corrected chi connectivity index (χ4v) is 0.586. The van der Waals surface area contributed by atoms with Gasteiger partial charge >= 0.3 is 0 Å². The van der Waals surface area contributed by atoms with Gasteiger partial charge in [0.2, 0.25) is 0 Å². The third-order valence-electron chi connectivity index (χ3n) is 1.26. The highest BCUT2D eigenvalue weighted by Gasteiger charge is 1.82. The Kier molecular flexibility index (Phi) is 116. The van der Waals surface area contributed by atoms with Crippen LogP contribution in [0.5, 0.6) is 0 Å². The average molecular weight is 375 g/mol. The summed E-state index contributed by atoms with van der Waals surface area (Å²) in [6.07, 6.45) is 1.95. The molecule has 0 saturated carbocycles. The molecule has 0 amide bonds. The van der Waals surface area contributed by atoms with Gasteiger partial charge in [-0.05, 0) is 0 Å². The standard InChI is InChI=1S/C5H11NO2.C4H12N2O.C2H5NO.CH6N2.3CH4/c6-2-5-8-4-1-3-7;5-1-3-7-4-2-6;3-1-2-4;2-1-3;;;/h3H,1-2,4-6H2;1-6H2;2H,1,3H2;1-3H2;3*1H4. The lowest BCUT2D eigenvalue weighted by Gasteiger charge is -1.95.